The zero-order valence-electron chi connectivity index (χ0n) is 16.2. The number of piperazine rings is 1. The lowest BCUT2D eigenvalue weighted by Crippen LogP contribution is -2.52. The Morgan fingerprint density at radius 3 is 2.10 bits per heavy atom. The molecule has 0 saturated carbocycles. The van der Waals surface area contributed by atoms with Gasteiger partial charge in [0.25, 0.3) is 0 Å². The molecule has 1 heterocycles. The van der Waals surface area contributed by atoms with E-state index in [-0.39, 0.29) is 17.7 Å². The summed E-state index contributed by atoms with van der Waals surface area (Å²) in [5.41, 5.74) is 2.23. The van der Waals surface area contributed by atoms with Crippen LogP contribution in [0.4, 0.5) is 11.4 Å². The van der Waals surface area contributed by atoms with Crippen LogP contribution in [0.2, 0.25) is 15.1 Å². The van der Waals surface area contributed by atoms with Crippen LogP contribution >= 0.6 is 34.8 Å². The lowest BCUT2D eigenvalue weighted by Gasteiger charge is -2.38. The third kappa shape index (κ3) is 5.23. The number of carbonyl (C=O) groups excluding carboxylic acids is 2. The molecule has 2 aromatic carbocycles. The number of benzene rings is 2. The average molecular weight is 455 g/mol. The number of ketones is 1. The number of nitrogens with one attached hydrogen (secondary N) is 1. The second-order valence-corrected chi connectivity index (χ2v) is 8.26. The van der Waals surface area contributed by atoms with Crippen LogP contribution in [0.15, 0.2) is 36.4 Å². The van der Waals surface area contributed by atoms with Crippen molar-refractivity contribution < 1.29 is 9.59 Å². The molecule has 0 unspecified atom stereocenters. The fraction of sp³-hybridized carbons (Fsp3) is 0.333. The van der Waals surface area contributed by atoms with Gasteiger partial charge in [0, 0.05) is 37.4 Å². The van der Waals surface area contributed by atoms with Crippen LogP contribution in [-0.2, 0) is 4.79 Å². The monoisotopic (exact) mass is 453 g/mol. The predicted molar refractivity (Wildman–Crippen MR) is 120 cm³/mol. The molecule has 0 spiro atoms. The Balaban J connectivity index is 1.58. The molecule has 0 radical (unpaired) electrons. The van der Waals surface area contributed by atoms with Gasteiger partial charge >= 0.3 is 0 Å². The van der Waals surface area contributed by atoms with Crippen LogP contribution < -0.4 is 10.2 Å². The lowest BCUT2D eigenvalue weighted by molar-refractivity contribution is -0.120. The van der Waals surface area contributed by atoms with Crippen LogP contribution in [0.5, 0.6) is 0 Å². The highest BCUT2D eigenvalue weighted by Crippen LogP contribution is 2.32. The lowest BCUT2D eigenvalue weighted by atomic mass is 10.1. The van der Waals surface area contributed by atoms with E-state index in [1.165, 1.54) is 6.07 Å². The van der Waals surface area contributed by atoms with E-state index in [1.807, 2.05) is 31.2 Å². The zero-order chi connectivity index (χ0) is 21.1. The van der Waals surface area contributed by atoms with E-state index in [9.17, 15) is 9.59 Å². The van der Waals surface area contributed by atoms with Crippen molar-refractivity contribution in [3.05, 3.63) is 57.0 Å². The van der Waals surface area contributed by atoms with Crippen molar-refractivity contribution in [2.75, 3.05) is 36.4 Å². The molecule has 154 valence electrons. The molecule has 1 N–H and O–H groups in total. The van der Waals surface area contributed by atoms with Gasteiger partial charge in [-0.1, -0.05) is 34.8 Å². The van der Waals surface area contributed by atoms with E-state index in [4.69, 9.17) is 34.8 Å². The summed E-state index contributed by atoms with van der Waals surface area (Å²) in [5.74, 6) is -0.0900. The van der Waals surface area contributed by atoms with Gasteiger partial charge < -0.3 is 10.2 Å². The Morgan fingerprint density at radius 1 is 0.931 bits per heavy atom. The number of amides is 1. The van der Waals surface area contributed by atoms with Crippen molar-refractivity contribution in [2.24, 2.45) is 0 Å². The highest BCUT2D eigenvalue weighted by molar-refractivity contribution is 6.44. The summed E-state index contributed by atoms with van der Waals surface area (Å²) in [4.78, 5) is 28.5. The van der Waals surface area contributed by atoms with Gasteiger partial charge in [-0.2, -0.15) is 0 Å². The maximum Gasteiger partial charge on any atom is 0.241 e. The maximum absolute atomic E-state index is 12.7. The molecule has 0 aromatic heterocycles. The normalized spacial score (nSPS) is 15.8. The Morgan fingerprint density at radius 2 is 1.52 bits per heavy atom. The van der Waals surface area contributed by atoms with E-state index in [0.717, 1.165) is 31.9 Å². The van der Waals surface area contributed by atoms with Gasteiger partial charge in [-0.25, -0.2) is 0 Å². The van der Waals surface area contributed by atoms with Crippen LogP contribution in [0.3, 0.4) is 0 Å². The molecule has 3 rings (SSSR count). The van der Waals surface area contributed by atoms with Crippen molar-refractivity contribution >= 4 is 57.9 Å². The third-order valence-corrected chi connectivity index (χ3v) is 6.18. The van der Waals surface area contributed by atoms with Crippen molar-refractivity contribution in [1.82, 2.24) is 4.90 Å². The van der Waals surface area contributed by atoms with Crippen LogP contribution in [0, 0.1) is 0 Å². The molecule has 0 bridgehead atoms. The first-order valence-electron chi connectivity index (χ1n) is 9.31. The van der Waals surface area contributed by atoms with Gasteiger partial charge in [-0.15, -0.1) is 0 Å². The summed E-state index contributed by atoms with van der Waals surface area (Å²) in [6.45, 7) is 6.52. The highest BCUT2D eigenvalue weighted by Gasteiger charge is 2.26. The molecule has 8 heteroatoms. The summed E-state index contributed by atoms with van der Waals surface area (Å²) >= 11 is 18.1. The number of halogens is 3. The first-order valence-corrected chi connectivity index (χ1v) is 10.4. The minimum absolute atomic E-state index is 0.0586. The van der Waals surface area contributed by atoms with Crippen molar-refractivity contribution in [1.29, 1.82) is 0 Å². The van der Waals surface area contributed by atoms with Gasteiger partial charge in [0.2, 0.25) is 5.91 Å². The van der Waals surface area contributed by atoms with Gasteiger partial charge in [0.05, 0.1) is 26.8 Å². The quantitative estimate of drug-likeness (QED) is 0.510. The van der Waals surface area contributed by atoms with Gasteiger partial charge in [-0.3, -0.25) is 14.5 Å². The van der Waals surface area contributed by atoms with E-state index in [2.05, 4.69) is 15.1 Å². The largest absolute Gasteiger partial charge is 0.369 e. The standard InChI is InChI=1S/C21H22Cl3N3O2/c1-13(21(29)25-20-12-18(23)17(22)11-19(20)24)26-7-9-27(10-8-26)16-5-3-15(4-6-16)14(2)28/h3-6,11-13H,7-10H2,1-2H3,(H,25,29)/t13-/m0/s1. The minimum Gasteiger partial charge on any atom is -0.369 e. The molecule has 1 aliphatic heterocycles. The molecule has 1 atom stereocenters. The Kier molecular flexibility index (Phi) is 7.06. The van der Waals surface area contributed by atoms with Crippen LogP contribution in [0.1, 0.15) is 24.2 Å². The number of rotatable bonds is 5. The molecule has 1 saturated heterocycles. The molecule has 1 amide bonds. The first kappa shape index (κ1) is 21.9. The highest BCUT2D eigenvalue weighted by atomic mass is 35.5. The fourth-order valence-electron chi connectivity index (χ4n) is 3.30. The summed E-state index contributed by atoms with van der Waals surface area (Å²) in [6.07, 6.45) is 0. The molecule has 1 fully saturated rings. The SMILES string of the molecule is CC(=O)c1ccc(N2CCN([C@@H](C)C(=O)Nc3cc(Cl)c(Cl)cc3Cl)CC2)cc1. The van der Waals surface area contributed by atoms with Crippen LogP contribution in [-0.4, -0.2) is 48.8 Å². The number of hydrogen-bond acceptors (Lipinski definition) is 4. The summed E-state index contributed by atoms with van der Waals surface area (Å²) in [7, 11) is 0. The Labute approximate surface area is 185 Å². The second kappa shape index (κ2) is 9.35. The predicted octanol–water partition coefficient (Wildman–Crippen LogP) is 5.00. The van der Waals surface area contributed by atoms with Gasteiger partial charge in [0.15, 0.2) is 5.78 Å². The molecular formula is C21H22Cl3N3O2. The smallest absolute Gasteiger partial charge is 0.241 e. The molecular weight excluding hydrogens is 433 g/mol. The molecule has 2 aromatic rings. The van der Waals surface area contributed by atoms with Crippen LogP contribution in [0.25, 0.3) is 0 Å². The summed E-state index contributed by atoms with van der Waals surface area (Å²) in [5, 5.41) is 3.86. The van der Waals surface area contributed by atoms with Crippen molar-refractivity contribution in [3.8, 4) is 0 Å². The molecule has 5 nitrogen and oxygen atoms in total. The topological polar surface area (TPSA) is 52.7 Å². The average Bonchev–Trinajstić information content (AvgIpc) is 2.71. The van der Waals surface area contributed by atoms with E-state index in [1.54, 1.807) is 13.0 Å². The fourth-order valence-corrected chi connectivity index (χ4v) is 3.89. The third-order valence-electron chi connectivity index (χ3n) is 5.15. The van der Waals surface area contributed by atoms with E-state index in [0.29, 0.717) is 26.3 Å². The summed E-state index contributed by atoms with van der Waals surface area (Å²) < 4.78 is 0. The molecule has 0 aliphatic carbocycles. The minimum atomic E-state index is -0.317. The van der Waals surface area contributed by atoms with Crippen molar-refractivity contribution in [3.63, 3.8) is 0 Å². The molecule has 1 aliphatic rings. The number of hydrogen-bond donors (Lipinski definition) is 1. The second-order valence-electron chi connectivity index (χ2n) is 7.04. The Bertz CT molecular complexity index is 910. The number of carbonyl (C=O) groups is 2. The zero-order valence-corrected chi connectivity index (χ0v) is 18.5. The number of anilines is 2. The van der Waals surface area contributed by atoms with E-state index < -0.39 is 0 Å². The van der Waals surface area contributed by atoms with E-state index >= 15 is 0 Å². The summed E-state index contributed by atoms with van der Waals surface area (Å²) in [6, 6.07) is 10.4. The number of nitrogens with zero attached hydrogens (tertiary/aromatic N) is 2. The molecule has 29 heavy (non-hydrogen) atoms. The van der Waals surface area contributed by atoms with Gasteiger partial charge in [0.1, 0.15) is 0 Å². The Hall–Kier alpha value is -1.79. The van der Waals surface area contributed by atoms with Crippen molar-refractivity contribution in [2.45, 2.75) is 19.9 Å². The van der Waals surface area contributed by atoms with Gasteiger partial charge in [-0.05, 0) is 50.2 Å². The number of Topliss-reactive ketones (excluding diaryl/α,β-unsaturated/α-hetero) is 1. The maximum atomic E-state index is 12.7. The first-order chi connectivity index (χ1) is 13.8.